The molecular formula is C17H30NO2+. The maximum absolute atomic E-state index is 10.5. The van der Waals surface area contributed by atoms with Crippen molar-refractivity contribution < 1.29 is 15.0 Å². The molecule has 1 aliphatic heterocycles. The normalized spacial score (nSPS) is 35.5. The largest absolute Gasteiger partial charge is 0.387 e. The Hall–Kier alpha value is -0.900. The van der Waals surface area contributed by atoms with Crippen LogP contribution in [0.4, 0.5) is 0 Å². The Kier molecular flexibility index (Phi) is 7.20. The number of likely N-dealkylation sites (tertiary alicyclic amines) is 1. The van der Waals surface area contributed by atoms with Crippen molar-refractivity contribution in [3.8, 4) is 0 Å². The van der Waals surface area contributed by atoms with E-state index in [1.807, 2.05) is 31.2 Å². The fourth-order valence-corrected chi connectivity index (χ4v) is 2.58. The first-order chi connectivity index (χ1) is 9.50. The molecule has 0 aromatic heterocycles. The van der Waals surface area contributed by atoms with Crippen molar-refractivity contribution in [2.45, 2.75) is 64.1 Å². The van der Waals surface area contributed by atoms with Crippen molar-refractivity contribution in [3.05, 3.63) is 36.5 Å². The third kappa shape index (κ3) is 4.89. The Bertz CT molecular complexity index is 358. The molecule has 0 aromatic carbocycles. The average Bonchev–Trinajstić information content (AvgIpc) is 2.42. The van der Waals surface area contributed by atoms with Crippen LogP contribution in [0.3, 0.4) is 0 Å². The van der Waals surface area contributed by atoms with E-state index in [-0.39, 0.29) is 16.7 Å². The van der Waals surface area contributed by atoms with Gasteiger partial charge in [0.05, 0.1) is 7.05 Å². The lowest BCUT2D eigenvalue weighted by atomic mass is 9.93. The van der Waals surface area contributed by atoms with Crippen molar-refractivity contribution in [3.63, 3.8) is 0 Å². The van der Waals surface area contributed by atoms with Gasteiger partial charge in [-0.1, -0.05) is 50.1 Å². The van der Waals surface area contributed by atoms with Crippen LogP contribution in [0.15, 0.2) is 36.5 Å². The fourth-order valence-electron chi connectivity index (χ4n) is 2.58. The second kappa shape index (κ2) is 8.40. The van der Waals surface area contributed by atoms with E-state index in [9.17, 15) is 10.3 Å². The van der Waals surface area contributed by atoms with Gasteiger partial charge in [-0.3, -0.25) is 0 Å². The lowest BCUT2D eigenvalue weighted by Crippen LogP contribution is -2.61. The van der Waals surface area contributed by atoms with Crippen molar-refractivity contribution >= 4 is 0 Å². The molecule has 3 nitrogen and oxygen atoms in total. The predicted molar refractivity (Wildman–Crippen MR) is 83.4 cm³/mol. The van der Waals surface area contributed by atoms with E-state index < -0.39 is 6.10 Å². The van der Waals surface area contributed by atoms with Crippen LogP contribution >= 0.6 is 0 Å². The van der Waals surface area contributed by atoms with Crippen LogP contribution in [-0.4, -0.2) is 40.2 Å². The molecule has 114 valence electrons. The molecule has 0 bridgehead atoms. The molecule has 0 saturated carbocycles. The van der Waals surface area contributed by atoms with Crippen LogP contribution < -0.4 is 0 Å². The summed E-state index contributed by atoms with van der Waals surface area (Å²) in [6, 6.07) is -0.0848. The van der Waals surface area contributed by atoms with E-state index >= 15 is 0 Å². The van der Waals surface area contributed by atoms with Crippen molar-refractivity contribution in [2.75, 3.05) is 7.05 Å². The monoisotopic (exact) mass is 280 g/mol. The first kappa shape index (κ1) is 17.2. The SMILES string of the molecule is CCCC/C=C/C=C/C=C/[C@@H]1CC[C@H](O)[C@H](C)[N+]1(C)O. The summed E-state index contributed by atoms with van der Waals surface area (Å²) in [6.45, 7) is 4.09. The predicted octanol–water partition coefficient (Wildman–Crippen LogP) is 3.59. The van der Waals surface area contributed by atoms with Gasteiger partial charge in [0.2, 0.25) is 0 Å². The maximum atomic E-state index is 10.5. The van der Waals surface area contributed by atoms with Crippen LogP contribution in [0, 0.1) is 0 Å². The smallest absolute Gasteiger partial charge is 0.142 e. The number of piperidine rings is 1. The molecule has 1 heterocycles. The van der Waals surface area contributed by atoms with Gasteiger partial charge in [-0.15, -0.1) is 0 Å². The number of hydrogen-bond donors (Lipinski definition) is 2. The quantitative estimate of drug-likeness (QED) is 0.443. The summed E-state index contributed by atoms with van der Waals surface area (Å²) in [7, 11) is 1.77. The molecule has 4 atom stereocenters. The highest BCUT2D eigenvalue weighted by atomic mass is 16.6. The Balaban J connectivity index is 2.45. The summed E-state index contributed by atoms with van der Waals surface area (Å²) in [5.41, 5.74) is 0. The third-order valence-electron chi connectivity index (χ3n) is 4.34. The molecule has 1 rings (SSSR count). The van der Waals surface area contributed by atoms with Crippen LogP contribution in [0.5, 0.6) is 0 Å². The molecule has 1 fully saturated rings. The summed E-state index contributed by atoms with van der Waals surface area (Å²) < 4.78 is -0.127. The van der Waals surface area contributed by atoms with Gasteiger partial charge in [0.15, 0.2) is 0 Å². The second-order valence-corrected chi connectivity index (χ2v) is 5.89. The number of hydrogen-bond acceptors (Lipinski definition) is 2. The standard InChI is InChI=1S/C17H30NO2/c1-4-5-6-7-8-9-10-11-12-16-13-14-17(19)15(2)18(16,3)20/h7-12,15-17,19-20H,4-6,13-14H2,1-3H3/q+1/b8-7+,10-9+,12-11+/t15-,16+,17-,18?/m0/s1. The molecule has 0 spiro atoms. The Morgan fingerprint density at radius 2 is 1.85 bits per heavy atom. The van der Waals surface area contributed by atoms with Gasteiger partial charge in [0.1, 0.15) is 18.2 Å². The molecule has 1 saturated heterocycles. The van der Waals surface area contributed by atoms with E-state index in [0.29, 0.717) is 0 Å². The Morgan fingerprint density at radius 3 is 2.55 bits per heavy atom. The third-order valence-corrected chi connectivity index (χ3v) is 4.34. The fraction of sp³-hybridized carbons (Fsp3) is 0.647. The lowest BCUT2D eigenvalue weighted by Gasteiger charge is -2.43. The van der Waals surface area contributed by atoms with Crippen LogP contribution in [-0.2, 0) is 0 Å². The summed E-state index contributed by atoms with van der Waals surface area (Å²) in [5, 5.41) is 20.3. The van der Waals surface area contributed by atoms with Gasteiger partial charge in [0.25, 0.3) is 0 Å². The highest BCUT2D eigenvalue weighted by molar-refractivity contribution is 5.12. The summed E-state index contributed by atoms with van der Waals surface area (Å²) in [6.07, 6.45) is 17.1. The summed E-state index contributed by atoms with van der Waals surface area (Å²) in [5.74, 6) is 0. The number of aliphatic hydroxyl groups is 1. The molecule has 1 unspecified atom stereocenters. The minimum atomic E-state index is -0.410. The molecule has 0 amide bonds. The number of rotatable bonds is 6. The minimum Gasteiger partial charge on any atom is -0.387 e. The maximum Gasteiger partial charge on any atom is 0.142 e. The first-order valence-electron chi connectivity index (χ1n) is 7.76. The first-order valence-corrected chi connectivity index (χ1v) is 7.76. The summed E-state index contributed by atoms with van der Waals surface area (Å²) in [4.78, 5) is 0. The van der Waals surface area contributed by atoms with Gasteiger partial charge >= 0.3 is 0 Å². The van der Waals surface area contributed by atoms with Gasteiger partial charge < -0.3 is 5.11 Å². The molecule has 1 aliphatic rings. The number of allylic oxidation sites excluding steroid dienone is 5. The van der Waals surface area contributed by atoms with E-state index in [2.05, 4.69) is 19.1 Å². The lowest BCUT2D eigenvalue weighted by molar-refractivity contribution is -1.12. The number of likely N-dealkylation sites (N-methyl/N-ethyl adjacent to an activating group) is 1. The zero-order valence-electron chi connectivity index (χ0n) is 13.1. The van der Waals surface area contributed by atoms with E-state index in [1.54, 1.807) is 7.05 Å². The van der Waals surface area contributed by atoms with Gasteiger partial charge in [-0.25, -0.2) is 5.21 Å². The molecule has 0 aromatic rings. The number of aliphatic hydroxyl groups excluding tert-OH is 1. The highest BCUT2D eigenvalue weighted by Gasteiger charge is 2.44. The topological polar surface area (TPSA) is 40.5 Å². The van der Waals surface area contributed by atoms with E-state index in [4.69, 9.17) is 0 Å². The Labute approximate surface area is 123 Å². The van der Waals surface area contributed by atoms with Crippen LogP contribution in [0.2, 0.25) is 0 Å². The molecular weight excluding hydrogens is 250 g/mol. The number of nitrogens with zero attached hydrogens (tertiary/aromatic N) is 1. The minimum absolute atomic E-state index is 0.0575. The van der Waals surface area contributed by atoms with E-state index in [1.165, 1.54) is 12.8 Å². The van der Waals surface area contributed by atoms with Crippen LogP contribution in [0.1, 0.15) is 46.0 Å². The molecule has 0 radical (unpaired) electrons. The van der Waals surface area contributed by atoms with Crippen LogP contribution in [0.25, 0.3) is 0 Å². The number of unbranched alkanes of at least 4 members (excludes halogenated alkanes) is 2. The molecule has 0 aliphatic carbocycles. The van der Waals surface area contributed by atoms with Gasteiger partial charge in [0, 0.05) is 6.42 Å². The van der Waals surface area contributed by atoms with Crippen molar-refractivity contribution in [1.29, 1.82) is 0 Å². The average molecular weight is 280 g/mol. The molecule has 2 N–H and O–H groups in total. The van der Waals surface area contributed by atoms with Crippen molar-refractivity contribution in [1.82, 2.24) is 0 Å². The van der Waals surface area contributed by atoms with E-state index in [0.717, 1.165) is 19.3 Å². The molecule has 20 heavy (non-hydrogen) atoms. The van der Waals surface area contributed by atoms with Crippen molar-refractivity contribution in [2.24, 2.45) is 0 Å². The zero-order chi connectivity index (χ0) is 15.0. The highest BCUT2D eigenvalue weighted by Crippen LogP contribution is 2.28. The zero-order valence-corrected chi connectivity index (χ0v) is 13.1. The number of quaternary nitrogens is 1. The Morgan fingerprint density at radius 1 is 1.15 bits per heavy atom. The van der Waals surface area contributed by atoms with Gasteiger partial charge in [-0.05, 0) is 25.8 Å². The van der Waals surface area contributed by atoms with Gasteiger partial charge in [-0.2, -0.15) is 4.65 Å². The molecule has 3 heteroatoms. The number of hydroxylamine groups is 3. The second-order valence-electron chi connectivity index (χ2n) is 5.89. The summed E-state index contributed by atoms with van der Waals surface area (Å²) >= 11 is 0.